The van der Waals surface area contributed by atoms with Crippen molar-refractivity contribution < 1.29 is 4.74 Å². The van der Waals surface area contributed by atoms with E-state index in [1.807, 2.05) is 30.3 Å². The van der Waals surface area contributed by atoms with Crippen LogP contribution in [-0.4, -0.2) is 6.10 Å². The predicted octanol–water partition coefficient (Wildman–Crippen LogP) is 2.81. The van der Waals surface area contributed by atoms with E-state index in [0.717, 1.165) is 5.75 Å². The first-order valence-electron chi connectivity index (χ1n) is 5.02. The summed E-state index contributed by atoms with van der Waals surface area (Å²) in [5, 5.41) is 0. The van der Waals surface area contributed by atoms with Crippen molar-refractivity contribution in [1.29, 1.82) is 0 Å². The first-order chi connectivity index (χ1) is 6.93. The zero-order valence-electron chi connectivity index (χ0n) is 7.84. The average Bonchev–Trinajstić information content (AvgIpc) is 2.80. The van der Waals surface area contributed by atoms with E-state index in [-0.39, 0.29) is 0 Å². The Labute approximate surface area is 83.7 Å². The van der Waals surface area contributed by atoms with E-state index in [1.54, 1.807) is 0 Å². The van der Waals surface area contributed by atoms with Crippen LogP contribution in [0.15, 0.2) is 54.6 Å². The van der Waals surface area contributed by atoms with Crippen molar-refractivity contribution in [1.82, 2.24) is 0 Å². The van der Waals surface area contributed by atoms with Crippen LogP contribution in [0, 0.1) is 11.8 Å². The molecule has 2 aliphatic rings. The van der Waals surface area contributed by atoms with Crippen molar-refractivity contribution in [2.45, 2.75) is 6.10 Å². The Balaban J connectivity index is 1.76. The molecule has 0 saturated carbocycles. The van der Waals surface area contributed by atoms with Crippen molar-refractivity contribution in [3.05, 3.63) is 54.6 Å². The van der Waals surface area contributed by atoms with Gasteiger partial charge < -0.3 is 4.74 Å². The number of rotatable bonds is 2. The summed E-state index contributed by atoms with van der Waals surface area (Å²) in [6.07, 6.45) is 9.24. The summed E-state index contributed by atoms with van der Waals surface area (Å²) in [6.45, 7) is 0. The second-order valence-corrected chi connectivity index (χ2v) is 3.82. The van der Waals surface area contributed by atoms with Gasteiger partial charge in [0.15, 0.2) is 0 Å². The third-order valence-corrected chi connectivity index (χ3v) is 2.89. The van der Waals surface area contributed by atoms with Gasteiger partial charge in [-0.2, -0.15) is 0 Å². The highest BCUT2D eigenvalue weighted by atomic mass is 16.5. The van der Waals surface area contributed by atoms with Crippen LogP contribution in [-0.2, 0) is 0 Å². The molecule has 0 unspecified atom stereocenters. The molecule has 0 N–H and O–H groups in total. The molecule has 0 radical (unpaired) electrons. The molecule has 70 valence electrons. The van der Waals surface area contributed by atoms with Gasteiger partial charge in [-0.15, -0.1) is 0 Å². The van der Waals surface area contributed by atoms with Crippen molar-refractivity contribution >= 4 is 0 Å². The fourth-order valence-electron chi connectivity index (χ4n) is 2.15. The van der Waals surface area contributed by atoms with Gasteiger partial charge in [0.1, 0.15) is 11.9 Å². The Kier molecular flexibility index (Phi) is 1.69. The van der Waals surface area contributed by atoms with E-state index < -0.39 is 0 Å². The summed E-state index contributed by atoms with van der Waals surface area (Å²) in [7, 11) is 0. The monoisotopic (exact) mass is 184 g/mol. The molecule has 2 aliphatic carbocycles. The first kappa shape index (κ1) is 7.86. The van der Waals surface area contributed by atoms with Crippen LogP contribution in [0.2, 0.25) is 0 Å². The second kappa shape index (κ2) is 3.02. The molecule has 0 heterocycles. The number of ether oxygens (including phenoxy) is 1. The largest absolute Gasteiger partial charge is 0.489 e. The fraction of sp³-hybridized carbons (Fsp3) is 0.231. The van der Waals surface area contributed by atoms with Crippen LogP contribution in [0.25, 0.3) is 0 Å². The standard InChI is InChI=1S/C13H12O/c1-2-4-12(5-3-1)14-13-10-6-7-11(13)9-8-10/h1-11,13H. The minimum Gasteiger partial charge on any atom is -0.489 e. The zero-order valence-corrected chi connectivity index (χ0v) is 7.84. The lowest BCUT2D eigenvalue weighted by atomic mass is 10.1. The fourth-order valence-corrected chi connectivity index (χ4v) is 2.15. The van der Waals surface area contributed by atoms with E-state index in [1.165, 1.54) is 0 Å². The van der Waals surface area contributed by atoms with E-state index in [9.17, 15) is 0 Å². The van der Waals surface area contributed by atoms with Gasteiger partial charge in [0, 0.05) is 11.8 Å². The summed E-state index contributed by atoms with van der Waals surface area (Å²) in [6, 6.07) is 10.0. The smallest absolute Gasteiger partial charge is 0.119 e. The molecule has 3 rings (SSSR count). The molecule has 0 saturated heterocycles. The van der Waals surface area contributed by atoms with Crippen LogP contribution in [0.1, 0.15) is 0 Å². The van der Waals surface area contributed by atoms with E-state index >= 15 is 0 Å². The quantitative estimate of drug-likeness (QED) is 0.642. The second-order valence-electron chi connectivity index (χ2n) is 3.82. The highest BCUT2D eigenvalue weighted by Gasteiger charge is 2.34. The molecule has 0 aromatic heterocycles. The molecular formula is C13H12O. The third-order valence-electron chi connectivity index (χ3n) is 2.89. The number of hydrogen-bond acceptors (Lipinski definition) is 1. The summed E-state index contributed by atoms with van der Waals surface area (Å²) in [5.41, 5.74) is 0. The summed E-state index contributed by atoms with van der Waals surface area (Å²) >= 11 is 0. The summed E-state index contributed by atoms with van der Waals surface area (Å²) < 4.78 is 5.94. The van der Waals surface area contributed by atoms with Gasteiger partial charge in [-0.1, -0.05) is 42.5 Å². The van der Waals surface area contributed by atoms with Gasteiger partial charge in [0.25, 0.3) is 0 Å². The number of benzene rings is 1. The Morgan fingerprint density at radius 3 is 1.93 bits per heavy atom. The lowest BCUT2D eigenvalue weighted by Gasteiger charge is -2.18. The van der Waals surface area contributed by atoms with E-state index in [4.69, 9.17) is 4.74 Å². The maximum atomic E-state index is 5.94. The molecule has 0 amide bonds. The number of hydrogen-bond donors (Lipinski definition) is 0. The summed E-state index contributed by atoms with van der Waals surface area (Å²) in [4.78, 5) is 0. The molecule has 1 aromatic carbocycles. The van der Waals surface area contributed by atoms with Crippen LogP contribution in [0.5, 0.6) is 5.75 Å². The van der Waals surface area contributed by atoms with Gasteiger partial charge in [0.05, 0.1) is 0 Å². The molecular weight excluding hydrogens is 172 g/mol. The average molecular weight is 184 g/mol. The molecule has 2 bridgehead atoms. The molecule has 0 aliphatic heterocycles. The van der Waals surface area contributed by atoms with Crippen molar-refractivity contribution in [3.8, 4) is 5.75 Å². The Morgan fingerprint density at radius 1 is 0.786 bits per heavy atom. The van der Waals surface area contributed by atoms with Crippen LogP contribution < -0.4 is 4.74 Å². The third kappa shape index (κ3) is 1.17. The Bertz CT molecular complexity index is 347. The van der Waals surface area contributed by atoms with Gasteiger partial charge >= 0.3 is 0 Å². The minimum absolute atomic E-state index is 0.303. The molecule has 0 spiro atoms. The number of fused-ring (bicyclic) bond motifs is 2. The number of para-hydroxylation sites is 1. The maximum absolute atomic E-state index is 5.94. The molecule has 14 heavy (non-hydrogen) atoms. The lowest BCUT2D eigenvalue weighted by Crippen LogP contribution is -2.22. The predicted molar refractivity (Wildman–Crippen MR) is 56.1 cm³/mol. The van der Waals surface area contributed by atoms with E-state index in [0.29, 0.717) is 17.9 Å². The zero-order chi connectivity index (χ0) is 9.38. The highest BCUT2D eigenvalue weighted by molar-refractivity contribution is 5.29. The van der Waals surface area contributed by atoms with Gasteiger partial charge in [0.2, 0.25) is 0 Å². The highest BCUT2D eigenvalue weighted by Crippen LogP contribution is 2.35. The topological polar surface area (TPSA) is 9.23 Å². The van der Waals surface area contributed by atoms with E-state index in [2.05, 4.69) is 24.3 Å². The molecule has 1 heteroatoms. The van der Waals surface area contributed by atoms with Gasteiger partial charge in [-0.3, -0.25) is 0 Å². The summed E-state index contributed by atoms with van der Waals surface area (Å²) in [5.74, 6) is 1.94. The Morgan fingerprint density at radius 2 is 1.36 bits per heavy atom. The van der Waals surface area contributed by atoms with Gasteiger partial charge in [-0.05, 0) is 12.1 Å². The molecule has 0 atom stereocenters. The Hall–Kier alpha value is -1.50. The minimum atomic E-state index is 0.303. The van der Waals surface area contributed by atoms with Gasteiger partial charge in [-0.25, -0.2) is 0 Å². The van der Waals surface area contributed by atoms with Crippen molar-refractivity contribution in [2.75, 3.05) is 0 Å². The van der Waals surface area contributed by atoms with Crippen LogP contribution in [0.4, 0.5) is 0 Å². The lowest BCUT2D eigenvalue weighted by molar-refractivity contribution is 0.173. The van der Waals surface area contributed by atoms with Crippen LogP contribution in [0.3, 0.4) is 0 Å². The first-order valence-corrected chi connectivity index (χ1v) is 5.02. The molecule has 1 aromatic rings. The normalized spacial score (nSPS) is 32.4. The molecule has 1 nitrogen and oxygen atoms in total. The SMILES string of the molecule is C1=CC2C=CC1C2Oc1ccccc1. The van der Waals surface area contributed by atoms with Crippen LogP contribution >= 0.6 is 0 Å². The maximum Gasteiger partial charge on any atom is 0.119 e. The van der Waals surface area contributed by atoms with Crippen molar-refractivity contribution in [3.63, 3.8) is 0 Å². The molecule has 0 fully saturated rings. The van der Waals surface area contributed by atoms with Crippen molar-refractivity contribution in [2.24, 2.45) is 11.8 Å².